The Balaban J connectivity index is 4.14. The van der Waals surface area contributed by atoms with Crippen molar-refractivity contribution < 1.29 is 42.1 Å². The maximum Gasteiger partial charge on any atom is 0.306 e. The van der Waals surface area contributed by atoms with Gasteiger partial charge in [-0.2, -0.15) is 0 Å². The van der Waals surface area contributed by atoms with Gasteiger partial charge in [-0.25, -0.2) is 0 Å². The second-order valence-electron chi connectivity index (χ2n) is 20.7. The number of rotatable bonds is 53. The van der Waals surface area contributed by atoms with Crippen molar-refractivity contribution in [2.45, 2.75) is 290 Å². The molecular weight excluding hydrogens is 846 g/mol. The molecule has 392 valence electrons. The zero-order valence-corrected chi connectivity index (χ0v) is 45.3. The lowest BCUT2D eigenvalue weighted by molar-refractivity contribution is -0.870. The number of likely N-dealkylation sites (N-methyl/N-ethyl adjacent to an activating group) is 1. The largest absolute Gasteiger partial charge is 0.756 e. The number of hydrogen-bond acceptors (Lipinski definition) is 8. The van der Waals surface area contributed by atoms with Crippen LogP contribution in [0.2, 0.25) is 0 Å². The van der Waals surface area contributed by atoms with Crippen molar-refractivity contribution in [3.8, 4) is 0 Å². The van der Waals surface area contributed by atoms with Gasteiger partial charge in [0, 0.05) is 12.8 Å². The average Bonchev–Trinajstić information content (AvgIpc) is 3.27. The van der Waals surface area contributed by atoms with E-state index in [9.17, 15) is 19.0 Å². The van der Waals surface area contributed by atoms with Gasteiger partial charge in [0.05, 0.1) is 27.7 Å². The summed E-state index contributed by atoms with van der Waals surface area (Å²) in [6.45, 7) is 4.29. The Morgan fingerprint density at radius 3 is 1.12 bits per heavy atom. The van der Waals surface area contributed by atoms with Gasteiger partial charge in [-0.1, -0.05) is 244 Å². The maximum atomic E-state index is 12.8. The number of carbonyl (C=O) groups excluding carboxylic acids is 2. The highest BCUT2D eigenvalue weighted by atomic mass is 31.2. The molecule has 0 aromatic carbocycles. The number of unbranched alkanes of at least 4 members (excludes halogenated alkanes) is 37. The number of ether oxygens (including phenoxy) is 2. The van der Waals surface area contributed by atoms with E-state index in [1.807, 2.05) is 21.1 Å². The Morgan fingerprint density at radius 1 is 0.455 bits per heavy atom. The second-order valence-corrected chi connectivity index (χ2v) is 22.1. The third-order valence-electron chi connectivity index (χ3n) is 12.8. The molecule has 0 radical (unpaired) electrons. The highest BCUT2D eigenvalue weighted by Crippen LogP contribution is 2.38. The van der Waals surface area contributed by atoms with Crippen molar-refractivity contribution in [2.24, 2.45) is 0 Å². The van der Waals surface area contributed by atoms with Crippen LogP contribution in [0.5, 0.6) is 0 Å². The van der Waals surface area contributed by atoms with E-state index in [0.717, 1.165) is 32.1 Å². The van der Waals surface area contributed by atoms with Crippen LogP contribution in [0.4, 0.5) is 0 Å². The Labute approximate surface area is 409 Å². The van der Waals surface area contributed by atoms with Crippen LogP contribution in [-0.4, -0.2) is 70.0 Å². The van der Waals surface area contributed by atoms with Gasteiger partial charge in [0.1, 0.15) is 19.8 Å². The predicted molar refractivity (Wildman–Crippen MR) is 278 cm³/mol. The third kappa shape index (κ3) is 52.1. The number of hydrogen-bond donors (Lipinski definition) is 0. The number of phosphoric acid groups is 1. The third-order valence-corrected chi connectivity index (χ3v) is 13.7. The molecule has 9 nitrogen and oxygen atoms in total. The van der Waals surface area contributed by atoms with Crippen molar-refractivity contribution in [3.05, 3.63) is 12.2 Å². The molecule has 66 heavy (non-hydrogen) atoms. The molecule has 2 atom stereocenters. The number of quaternary nitrogens is 1. The normalized spacial score (nSPS) is 13.4. The van der Waals surface area contributed by atoms with Gasteiger partial charge < -0.3 is 27.9 Å². The summed E-state index contributed by atoms with van der Waals surface area (Å²) in [5, 5.41) is 0. The van der Waals surface area contributed by atoms with E-state index in [-0.39, 0.29) is 32.0 Å². The number of allylic oxidation sites excluding steroid dienone is 2. The molecule has 0 heterocycles. The molecule has 0 fully saturated rings. The predicted octanol–water partition coefficient (Wildman–Crippen LogP) is 16.6. The first-order valence-corrected chi connectivity index (χ1v) is 29.9. The molecule has 0 spiro atoms. The van der Waals surface area contributed by atoms with E-state index in [0.29, 0.717) is 17.4 Å². The van der Waals surface area contributed by atoms with Crippen molar-refractivity contribution in [2.75, 3.05) is 47.5 Å². The zero-order chi connectivity index (χ0) is 48.5. The number of phosphoric ester groups is 1. The molecule has 0 N–H and O–H groups in total. The van der Waals surface area contributed by atoms with Crippen molar-refractivity contribution in [1.82, 2.24) is 0 Å². The first-order chi connectivity index (χ1) is 32.0. The monoisotopic (exact) mass is 956 g/mol. The van der Waals surface area contributed by atoms with E-state index in [2.05, 4.69) is 26.0 Å². The summed E-state index contributed by atoms with van der Waals surface area (Å²) in [4.78, 5) is 37.8. The molecule has 0 aliphatic carbocycles. The fraction of sp³-hybridized carbons (Fsp3) is 0.929. The van der Waals surface area contributed by atoms with Crippen LogP contribution in [-0.2, 0) is 32.7 Å². The lowest BCUT2D eigenvalue weighted by Gasteiger charge is -2.28. The Hall–Kier alpha value is -1.25. The SMILES string of the molecule is CCCCCCCC/C=C/CCCCCCCCCCCC(=O)OC[C@H](COP(=O)([O-])OCC[N+](C)(C)C)OC(=O)CCCCCCCCCCCCCCCCCCCCCCCCC. The smallest absolute Gasteiger partial charge is 0.306 e. The Kier molecular flexibility index (Phi) is 47.8. The van der Waals surface area contributed by atoms with E-state index in [1.54, 1.807) is 0 Å². The molecule has 0 rings (SSSR count). The molecule has 0 amide bonds. The summed E-state index contributed by atoms with van der Waals surface area (Å²) < 4.78 is 34.1. The van der Waals surface area contributed by atoms with Crippen LogP contribution < -0.4 is 4.89 Å². The van der Waals surface area contributed by atoms with Gasteiger partial charge in [-0.3, -0.25) is 14.2 Å². The second kappa shape index (κ2) is 48.8. The molecule has 10 heteroatoms. The van der Waals surface area contributed by atoms with E-state index < -0.39 is 26.5 Å². The number of carbonyl (C=O) groups is 2. The first-order valence-electron chi connectivity index (χ1n) is 28.4. The Bertz CT molecular complexity index is 1130. The fourth-order valence-electron chi connectivity index (χ4n) is 8.36. The van der Waals surface area contributed by atoms with Gasteiger partial charge in [0.2, 0.25) is 0 Å². The van der Waals surface area contributed by atoms with Crippen LogP contribution in [0, 0.1) is 0 Å². The standard InChI is InChI=1S/C56H110NO8P/c1-6-8-10-12-14-16-18-20-22-24-26-27-28-29-31-33-35-37-39-41-43-45-47-49-56(59)65-54(53-64-66(60,61)63-51-50-57(3,4)5)52-62-55(58)48-46-44-42-40-38-36-34-32-30-25-23-21-19-17-15-13-11-9-7-2/h21,23,54H,6-20,22,24-53H2,1-5H3/b23-21+/t54-/m1/s1. The highest BCUT2D eigenvalue weighted by Gasteiger charge is 2.22. The van der Waals surface area contributed by atoms with Gasteiger partial charge in [-0.15, -0.1) is 0 Å². The highest BCUT2D eigenvalue weighted by molar-refractivity contribution is 7.45. The minimum Gasteiger partial charge on any atom is -0.756 e. The van der Waals surface area contributed by atoms with Crippen LogP contribution in [0.15, 0.2) is 12.2 Å². The minimum absolute atomic E-state index is 0.0273. The van der Waals surface area contributed by atoms with Crippen molar-refractivity contribution in [1.29, 1.82) is 0 Å². The summed E-state index contributed by atoms with van der Waals surface area (Å²) in [6, 6.07) is 0. The molecular formula is C56H110NO8P. The van der Waals surface area contributed by atoms with E-state index in [1.165, 1.54) is 218 Å². The molecule has 0 aromatic heterocycles. The summed E-state index contributed by atoms with van der Waals surface area (Å²) in [5.41, 5.74) is 0. The lowest BCUT2D eigenvalue weighted by atomic mass is 10.0. The number of nitrogens with zero attached hydrogens (tertiary/aromatic N) is 1. The number of esters is 2. The molecule has 0 aromatic rings. The lowest BCUT2D eigenvalue weighted by Crippen LogP contribution is -2.37. The fourth-order valence-corrected chi connectivity index (χ4v) is 9.09. The van der Waals surface area contributed by atoms with Crippen LogP contribution in [0.3, 0.4) is 0 Å². The van der Waals surface area contributed by atoms with Gasteiger partial charge >= 0.3 is 11.9 Å². The van der Waals surface area contributed by atoms with Gasteiger partial charge in [0.25, 0.3) is 7.82 Å². The van der Waals surface area contributed by atoms with Gasteiger partial charge in [-0.05, 0) is 38.5 Å². The molecule has 0 saturated carbocycles. The maximum absolute atomic E-state index is 12.8. The van der Waals surface area contributed by atoms with Crippen LogP contribution >= 0.6 is 7.82 Å². The Morgan fingerprint density at radius 2 is 0.773 bits per heavy atom. The molecule has 1 unspecified atom stereocenters. The first kappa shape index (κ1) is 64.8. The minimum atomic E-state index is -4.63. The zero-order valence-electron chi connectivity index (χ0n) is 44.4. The van der Waals surface area contributed by atoms with E-state index in [4.69, 9.17) is 18.5 Å². The summed E-state index contributed by atoms with van der Waals surface area (Å²) in [6.07, 6.45) is 55.4. The van der Waals surface area contributed by atoms with Crippen molar-refractivity contribution in [3.63, 3.8) is 0 Å². The van der Waals surface area contributed by atoms with E-state index >= 15 is 0 Å². The van der Waals surface area contributed by atoms with Crippen LogP contribution in [0.25, 0.3) is 0 Å². The summed E-state index contributed by atoms with van der Waals surface area (Å²) >= 11 is 0. The van der Waals surface area contributed by atoms with Crippen LogP contribution in [0.1, 0.15) is 284 Å². The molecule has 0 aliphatic rings. The average molecular weight is 956 g/mol. The summed E-state index contributed by atoms with van der Waals surface area (Å²) in [7, 11) is 1.18. The topological polar surface area (TPSA) is 111 Å². The quantitative estimate of drug-likeness (QED) is 0.0195. The van der Waals surface area contributed by atoms with Gasteiger partial charge in [0.15, 0.2) is 6.10 Å². The summed E-state index contributed by atoms with van der Waals surface area (Å²) in [5.74, 6) is -0.818. The van der Waals surface area contributed by atoms with Crippen molar-refractivity contribution >= 4 is 19.8 Å². The molecule has 0 bridgehead atoms. The molecule has 0 aliphatic heterocycles. The molecule has 0 saturated heterocycles.